The molecule has 0 unspecified atom stereocenters. The van der Waals surface area contributed by atoms with Crippen LogP contribution in [0.4, 0.5) is 10.1 Å². The molecule has 0 saturated carbocycles. The molecule has 192 valence electrons. The van der Waals surface area contributed by atoms with Crippen molar-refractivity contribution < 1.29 is 24.4 Å². The topological polar surface area (TPSA) is 89.3 Å². The van der Waals surface area contributed by atoms with Crippen LogP contribution in [0, 0.1) is 5.82 Å². The molecule has 0 radical (unpaired) electrons. The van der Waals surface area contributed by atoms with Gasteiger partial charge in [0.1, 0.15) is 18.2 Å². The summed E-state index contributed by atoms with van der Waals surface area (Å²) in [4.78, 5) is 8.52. The Morgan fingerprint density at radius 1 is 1.11 bits per heavy atom. The maximum Gasteiger partial charge on any atom is 0.123 e. The van der Waals surface area contributed by atoms with Crippen molar-refractivity contribution in [1.82, 2.24) is 9.88 Å². The molecule has 3 aromatic rings. The Bertz CT molecular complexity index is 1130. The van der Waals surface area contributed by atoms with E-state index in [0.717, 1.165) is 11.3 Å². The number of hydrogen-bond donors (Lipinski definition) is 3. The van der Waals surface area contributed by atoms with Gasteiger partial charge in [-0.05, 0) is 42.8 Å². The lowest BCUT2D eigenvalue weighted by molar-refractivity contribution is 0.100. The fourth-order valence-electron chi connectivity index (χ4n) is 4.37. The summed E-state index contributed by atoms with van der Waals surface area (Å²) >= 11 is 6.66. The first-order valence-electron chi connectivity index (χ1n) is 11.9. The number of ether oxygens (including phenoxy) is 1. The average molecular weight is 516 g/mol. The first-order chi connectivity index (χ1) is 17.3. The van der Waals surface area contributed by atoms with Crippen LogP contribution in [0.25, 0.3) is 0 Å². The molecule has 0 amide bonds. The van der Waals surface area contributed by atoms with Crippen molar-refractivity contribution in [3.63, 3.8) is 0 Å². The Morgan fingerprint density at radius 3 is 2.53 bits per heavy atom. The van der Waals surface area contributed by atoms with Gasteiger partial charge in [0.05, 0.1) is 41.3 Å². The van der Waals surface area contributed by atoms with Crippen molar-refractivity contribution in [2.75, 3.05) is 37.7 Å². The standard InChI is InChI=1S/C27H31ClFN3O4/c1-18(34)17-36-23-8-9-25(24(28)12-23)32-11-10-31(14-26(32)19-2-5-21(29)6-3-19)15-27(35)20-4-7-22(16-33)30-13-20/h2-9,12-13,18,26-27,33-35H,10-11,14-17H2,1H3/t18-,26+,27-/m1/s1. The van der Waals surface area contributed by atoms with Crippen molar-refractivity contribution in [3.8, 4) is 5.75 Å². The molecule has 1 aliphatic heterocycles. The molecule has 1 aliphatic rings. The van der Waals surface area contributed by atoms with Crippen LogP contribution in [0.2, 0.25) is 5.02 Å². The number of halogens is 2. The number of aliphatic hydroxyl groups is 3. The van der Waals surface area contributed by atoms with Gasteiger partial charge in [0.2, 0.25) is 0 Å². The van der Waals surface area contributed by atoms with Crippen LogP contribution in [0.1, 0.15) is 35.9 Å². The van der Waals surface area contributed by atoms with Crippen molar-refractivity contribution >= 4 is 17.3 Å². The van der Waals surface area contributed by atoms with Gasteiger partial charge in [0.25, 0.3) is 0 Å². The number of rotatable bonds is 9. The largest absolute Gasteiger partial charge is 0.491 e. The molecule has 3 atom stereocenters. The Morgan fingerprint density at radius 2 is 1.89 bits per heavy atom. The monoisotopic (exact) mass is 515 g/mol. The molecule has 3 N–H and O–H groups in total. The maximum atomic E-state index is 13.7. The second-order valence-corrected chi connectivity index (χ2v) is 9.46. The van der Waals surface area contributed by atoms with E-state index in [0.29, 0.717) is 48.2 Å². The number of nitrogens with zero attached hydrogens (tertiary/aromatic N) is 3. The highest BCUT2D eigenvalue weighted by molar-refractivity contribution is 6.33. The third-order valence-corrected chi connectivity index (χ3v) is 6.57. The number of piperazine rings is 1. The van der Waals surface area contributed by atoms with Gasteiger partial charge in [0.15, 0.2) is 0 Å². The van der Waals surface area contributed by atoms with Gasteiger partial charge in [-0.1, -0.05) is 29.8 Å². The molecule has 0 aliphatic carbocycles. The minimum Gasteiger partial charge on any atom is -0.491 e. The smallest absolute Gasteiger partial charge is 0.123 e. The number of β-amino-alcohol motifs (C(OH)–C–C–N with tert-alkyl or cyclic N) is 1. The Kier molecular flexibility index (Phi) is 8.77. The number of hydrogen-bond acceptors (Lipinski definition) is 7. The Balaban J connectivity index is 1.53. The highest BCUT2D eigenvalue weighted by Gasteiger charge is 2.31. The van der Waals surface area contributed by atoms with E-state index >= 15 is 0 Å². The third kappa shape index (κ3) is 6.52. The van der Waals surface area contributed by atoms with Gasteiger partial charge in [-0.15, -0.1) is 0 Å². The van der Waals surface area contributed by atoms with Gasteiger partial charge < -0.3 is 25.0 Å². The number of aliphatic hydroxyl groups excluding tert-OH is 3. The van der Waals surface area contributed by atoms with E-state index in [1.54, 1.807) is 43.5 Å². The number of benzene rings is 2. The van der Waals surface area contributed by atoms with Gasteiger partial charge >= 0.3 is 0 Å². The second-order valence-electron chi connectivity index (χ2n) is 9.05. The van der Waals surface area contributed by atoms with Crippen LogP contribution >= 0.6 is 11.6 Å². The molecule has 36 heavy (non-hydrogen) atoms. The fraction of sp³-hybridized carbons (Fsp3) is 0.370. The third-order valence-electron chi connectivity index (χ3n) is 6.26. The predicted octanol–water partition coefficient (Wildman–Crippen LogP) is 3.72. The summed E-state index contributed by atoms with van der Waals surface area (Å²) in [6.45, 7) is 4.02. The van der Waals surface area contributed by atoms with E-state index in [9.17, 15) is 19.7 Å². The molecular formula is C27H31ClFN3O4. The van der Waals surface area contributed by atoms with E-state index in [4.69, 9.17) is 16.3 Å². The SMILES string of the molecule is C[C@@H](O)COc1ccc(N2CCN(C[C@@H](O)c3ccc(CO)nc3)C[C@H]2c2ccc(F)cc2)c(Cl)c1. The van der Waals surface area contributed by atoms with Gasteiger partial charge in [-0.2, -0.15) is 0 Å². The fourth-order valence-corrected chi connectivity index (χ4v) is 4.65. The number of pyridine rings is 1. The van der Waals surface area contributed by atoms with E-state index in [2.05, 4.69) is 14.8 Å². The number of aromatic nitrogens is 1. The molecule has 1 saturated heterocycles. The van der Waals surface area contributed by atoms with Gasteiger partial charge in [0, 0.05) is 44.0 Å². The minimum atomic E-state index is -0.736. The lowest BCUT2D eigenvalue weighted by atomic mass is 10.00. The summed E-state index contributed by atoms with van der Waals surface area (Å²) < 4.78 is 19.3. The zero-order valence-electron chi connectivity index (χ0n) is 20.1. The molecule has 0 bridgehead atoms. The van der Waals surface area contributed by atoms with E-state index in [1.165, 1.54) is 12.1 Å². The summed E-state index contributed by atoms with van der Waals surface area (Å²) in [5, 5.41) is 30.0. The zero-order chi connectivity index (χ0) is 25.7. The molecule has 1 aromatic heterocycles. The van der Waals surface area contributed by atoms with Crippen molar-refractivity contribution in [1.29, 1.82) is 0 Å². The normalized spacial score (nSPS) is 18.2. The lowest BCUT2D eigenvalue weighted by Gasteiger charge is -2.44. The van der Waals surface area contributed by atoms with Crippen molar-refractivity contribution in [2.24, 2.45) is 0 Å². The summed E-state index contributed by atoms with van der Waals surface area (Å²) in [6, 6.07) is 15.3. The molecule has 4 rings (SSSR count). The van der Waals surface area contributed by atoms with Crippen LogP contribution in [-0.4, -0.2) is 64.1 Å². The molecular weight excluding hydrogens is 485 g/mol. The molecule has 2 aromatic carbocycles. The zero-order valence-corrected chi connectivity index (χ0v) is 20.9. The first-order valence-corrected chi connectivity index (χ1v) is 12.3. The summed E-state index contributed by atoms with van der Waals surface area (Å²) in [5.41, 5.74) is 3.01. The van der Waals surface area contributed by atoms with Crippen LogP contribution in [0.5, 0.6) is 5.75 Å². The van der Waals surface area contributed by atoms with Gasteiger partial charge in [-0.3, -0.25) is 9.88 Å². The molecule has 1 fully saturated rings. The van der Waals surface area contributed by atoms with Crippen LogP contribution in [0.3, 0.4) is 0 Å². The highest BCUT2D eigenvalue weighted by Crippen LogP contribution is 2.37. The summed E-state index contributed by atoms with van der Waals surface area (Å²) in [6.07, 6.45) is 0.267. The van der Waals surface area contributed by atoms with E-state index in [-0.39, 0.29) is 25.1 Å². The summed E-state index contributed by atoms with van der Waals surface area (Å²) in [7, 11) is 0. The predicted molar refractivity (Wildman–Crippen MR) is 137 cm³/mol. The molecule has 0 spiro atoms. The lowest BCUT2D eigenvalue weighted by Crippen LogP contribution is -2.49. The van der Waals surface area contributed by atoms with E-state index in [1.807, 2.05) is 12.1 Å². The number of anilines is 1. The minimum absolute atomic E-state index is 0.122. The van der Waals surface area contributed by atoms with Crippen molar-refractivity contribution in [3.05, 3.63) is 88.5 Å². The Hall–Kier alpha value is -2.75. The molecule has 9 heteroatoms. The quantitative estimate of drug-likeness (QED) is 0.400. The van der Waals surface area contributed by atoms with Crippen LogP contribution in [-0.2, 0) is 6.61 Å². The van der Waals surface area contributed by atoms with Crippen LogP contribution < -0.4 is 9.64 Å². The van der Waals surface area contributed by atoms with Crippen LogP contribution in [0.15, 0.2) is 60.8 Å². The van der Waals surface area contributed by atoms with E-state index < -0.39 is 12.2 Å². The van der Waals surface area contributed by atoms with Gasteiger partial charge in [-0.25, -0.2) is 4.39 Å². The summed E-state index contributed by atoms with van der Waals surface area (Å²) in [5.74, 6) is 0.274. The average Bonchev–Trinajstić information content (AvgIpc) is 2.88. The van der Waals surface area contributed by atoms with Crippen molar-refractivity contribution in [2.45, 2.75) is 31.8 Å². The maximum absolute atomic E-state index is 13.7. The highest BCUT2D eigenvalue weighted by atomic mass is 35.5. The second kappa shape index (κ2) is 12.0. The molecule has 2 heterocycles. The first kappa shape index (κ1) is 26.3. The Labute approximate surface area is 215 Å². The molecule has 7 nitrogen and oxygen atoms in total.